The molecule has 1 aliphatic rings. The summed E-state index contributed by atoms with van der Waals surface area (Å²) in [6, 6.07) is 0.260. The fourth-order valence-corrected chi connectivity index (χ4v) is 2.06. The lowest BCUT2D eigenvalue weighted by Crippen LogP contribution is -2.42. The Morgan fingerprint density at radius 3 is 2.41 bits per heavy atom. The molecule has 1 atom stereocenters. The average Bonchev–Trinajstić information content (AvgIpc) is 2.26. The fourth-order valence-electron chi connectivity index (χ4n) is 2.06. The van der Waals surface area contributed by atoms with E-state index in [9.17, 15) is 4.79 Å². The molecule has 1 aliphatic heterocycles. The Labute approximate surface area is 117 Å². The van der Waals surface area contributed by atoms with Crippen molar-refractivity contribution >= 4 is 30.7 Å². The summed E-state index contributed by atoms with van der Waals surface area (Å²) in [6.07, 6.45) is 5.29. The summed E-state index contributed by atoms with van der Waals surface area (Å²) in [5, 5.41) is 0. The number of hydrogen-bond donors (Lipinski definition) is 1. The van der Waals surface area contributed by atoms with E-state index in [1.165, 1.54) is 0 Å². The molecule has 5 heteroatoms. The van der Waals surface area contributed by atoms with E-state index < -0.39 is 0 Å². The molecular weight excluding hydrogens is 259 g/mol. The number of halogens is 2. The predicted molar refractivity (Wildman–Crippen MR) is 76.9 cm³/mol. The predicted octanol–water partition coefficient (Wildman–Crippen LogP) is 2.38. The van der Waals surface area contributed by atoms with Crippen LogP contribution < -0.4 is 5.73 Å². The number of carbonyl (C=O) groups is 1. The van der Waals surface area contributed by atoms with Gasteiger partial charge in [-0.05, 0) is 32.1 Å². The van der Waals surface area contributed by atoms with Crippen LogP contribution in [0.4, 0.5) is 0 Å². The highest BCUT2D eigenvalue weighted by Crippen LogP contribution is 2.20. The van der Waals surface area contributed by atoms with Crippen molar-refractivity contribution in [2.45, 2.75) is 38.6 Å². The largest absolute Gasteiger partial charge is 0.343 e. The number of carbonyl (C=O) groups excluding carboxylic acids is 1. The van der Waals surface area contributed by atoms with Gasteiger partial charge in [-0.25, -0.2) is 0 Å². The summed E-state index contributed by atoms with van der Waals surface area (Å²) in [6.45, 7) is 7.44. The van der Waals surface area contributed by atoms with Crippen LogP contribution in [0.5, 0.6) is 0 Å². The third-order valence-electron chi connectivity index (χ3n) is 3.20. The topological polar surface area (TPSA) is 46.3 Å². The van der Waals surface area contributed by atoms with Gasteiger partial charge in [-0.15, -0.1) is 31.4 Å². The molecule has 0 spiro atoms. The van der Waals surface area contributed by atoms with Gasteiger partial charge in [0, 0.05) is 25.6 Å². The van der Waals surface area contributed by atoms with Gasteiger partial charge < -0.3 is 10.6 Å². The second kappa shape index (κ2) is 9.75. The molecule has 2 N–H and O–H groups in total. The van der Waals surface area contributed by atoms with Gasteiger partial charge in [0.25, 0.3) is 0 Å². The lowest BCUT2D eigenvalue weighted by atomic mass is 9.91. The van der Waals surface area contributed by atoms with Crippen LogP contribution in [-0.4, -0.2) is 29.9 Å². The van der Waals surface area contributed by atoms with E-state index in [-0.39, 0.29) is 36.8 Å². The molecule has 1 saturated heterocycles. The standard InChI is InChI=1S/C12H22N2O.2ClH/c1-3-4-5-12(15)14-8-6-11(7-9-14)10(2)13;;/h3,10-11H,1,4-9,13H2,2H3;2*1H. The normalized spacial score (nSPS) is 17.6. The summed E-state index contributed by atoms with van der Waals surface area (Å²) >= 11 is 0. The third kappa shape index (κ3) is 6.29. The van der Waals surface area contributed by atoms with Crippen molar-refractivity contribution in [1.82, 2.24) is 4.90 Å². The maximum Gasteiger partial charge on any atom is 0.222 e. The molecule has 0 saturated carbocycles. The van der Waals surface area contributed by atoms with Crippen LogP contribution in [0.15, 0.2) is 12.7 Å². The number of hydrogen-bond acceptors (Lipinski definition) is 2. The first-order valence-corrected chi connectivity index (χ1v) is 5.79. The molecule has 1 rings (SSSR count). The van der Waals surface area contributed by atoms with E-state index in [0.29, 0.717) is 12.3 Å². The molecule has 0 bridgehead atoms. The number of piperidine rings is 1. The Morgan fingerprint density at radius 1 is 1.47 bits per heavy atom. The highest BCUT2D eigenvalue weighted by atomic mass is 35.5. The van der Waals surface area contributed by atoms with Gasteiger partial charge >= 0.3 is 0 Å². The summed E-state index contributed by atoms with van der Waals surface area (Å²) in [7, 11) is 0. The van der Waals surface area contributed by atoms with Gasteiger partial charge in [0.1, 0.15) is 0 Å². The average molecular weight is 283 g/mol. The van der Waals surface area contributed by atoms with Gasteiger partial charge in [-0.1, -0.05) is 6.08 Å². The molecule has 1 unspecified atom stereocenters. The first kappa shape index (κ1) is 19.1. The quantitative estimate of drug-likeness (QED) is 0.805. The van der Waals surface area contributed by atoms with Gasteiger partial charge in [-0.3, -0.25) is 4.79 Å². The second-order valence-corrected chi connectivity index (χ2v) is 4.40. The summed E-state index contributed by atoms with van der Waals surface area (Å²) in [5.41, 5.74) is 5.85. The lowest BCUT2D eigenvalue weighted by molar-refractivity contribution is -0.132. The van der Waals surface area contributed by atoms with Crippen LogP contribution in [0.2, 0.25) is 0 Å². The molecule has 0 aliphatic carbocycles. The van der Waals surface area contributed by atoms with Crippen molar-refractivity contribution in [3.05, 3.63) is 12.7 Å². The van der Waals surface area contributed by atoms with Crippen LogP contribution in [0, 0.1) is 5.92 Å². The molecule has 1 amide bonds. The molecule has 102 valence electrons. The van der Waals surface area contributed by atoms with Crippen LogP contribution in [0.1, 0.15) is 32.6 Å². The Bertz CT molecular complexity index is 227. The van der Waals surface area contributed by atoms with Crippen molar-refractivity contribution in [3.63, 3.8) is 0 Å². The van der Waals surface area contributed by atoms with Crippen LogP contribution in [-0.2, 0) is 4.79 Å². The molecule has 3 nitrogen and oxygen atoms in total. The number of nitrogens with zero attached hydrogens (tertiary/aromatic N) is 1. The van der Waals surface area contributed by atoms with Gasteiger partial charge in [-0.2, -0.15) is 0 Å². The summed E-state index contributed by atoms with van der Waals surface area (Å²) in [5.74, 6) is 0.853. The van der Waals surface area contributed by atoms with Gasteiger partial charge in [0.15, 0.2) is 0 Å². The number of amides is 1. The Morgan fingerprint density at radius 2 is 2.00 bits per heavy atom. The van der Waals surface area contributed by atoms with Crippen molar-refractivity contribution in [1.29, 1.82) is 0 Å². The van der Waals surface area contributed by atoms with E-state index in [4.69, 9.17) is 5.73 Å². The lowest BCUT2D eigenvalue weighted by Gasteiger charge is -2.33. The van der Waals surface area contributed by atoms with Crippen molar-refractivity contribution in [2.75, 3.05) is 13.1 Å². The highest BCUT2D eigenvalue weighted by Gasteiger charge is 2.23. The molecule has 1 fully saturated rings. The maximum atomic E-state index is 11.7. The number of nitrogens with two attached hydrogens (primary N) is 1. The minimum absolute atomic E-state index is 0. The second-order valence-electron chi connectivity index (χ2n) is 4.40. The zero-order chi connectivity index (χ0) is 11.3. The summed E-state index contributed by atoms with van der Waals surface area (Å²) < 4.78 is 0. The third-order valence-corrected chi connectivity index (χ3v) is 3.20. The van der Waals surface area contributed by atoms with E-state index >= 15 is 0 Å². The molecule has 0 aromatic rings. The van der Waals surface area contributed by atoms with E-state index in [0.717, 1.165) is 32.4 Å². The SMILES string of the molecule is C=CCCC(=O)N1CCC(C(C)N)CC1.Cl.Cl. The first-order chi connectivity index (χ1) is 7.15. The van der Waals surface area contributed by atoms with E-state index in [1.807, 2.05) is 4.90 Å². The molecule has 0 radical (unpaired) electrons. The molecule has 0 aromatic heterocycles. The Hall–Kier alpha value is -0.250. The molecular formula is C12H24Cl2N2O. The summed E-state index contributed by atoms with van der Waals surface area (Å²) in [4.78, 5) is 13.6. The molecule has 1 heterocycles. The molecule has 17 heavy (non-hydrogen) atoms. The fraction of sp³-hybridized carbons (Fsp3) is 0.750. The minimum Gasteiger partial charge on any atom is -0.343 e. The zero-order valence-electron chi connectivity index (χ0n) is 10.4. The number of allylic oxidation sites excluding steroid dienone is 1. The smallest absolute Gasteiger partial charge is 0.222 e. The van der Waals surface area contributed by atoms with E-state index in [1.54, 1.807) is 6.08 Å². The minimum atomic E-state index is 0. The zero-order valence-corrected chi connectivity index (χ0v) is 12.1. The Balaban J connectivity index is 0. The van der Waals surface area contributed by atoms with Crippen molar-refractivity contribution in [3.8, 4) is 0 Å². The highest BCUT2D eigenvalue weighted by molar-refractivity contribution is 5.85. The van der Waals surface area contributed by atoms with Gasteiger partial charge in [0.2, 0.25) is 5.91 Å². The van der Waals surface area contributed by atoms with Crippen LogP contribution in [0.25, 0.3) is 0 Å². The van der Waals surface area contributed by atoms with Crippen LogP contribution in [0.3, 0.4) is 0 Å². The van der Waals surface area contributed by atoms with Crippen molar-refractivity contribution < 1.29 is 4.79 Å². The number of rotatable bonds is 4. The number of likely N-dealkylation sites (tertiary alicyclic amines) is 1. The molecule has 0 aromatic carbocycles. The van der Waals surface area contributed by atoms with Gasteiger partial charge in [0.05, 0.1) is 0 Å². The van der Waals surface area contributed by atoms with Crippen molar-refractivity contribution in [2.24, 2.45) is 11.7 Å². The van der Waals surface area contributed by atoms with E-state index in [2.05, 4.69) is 13.5 Å². The van der Waals surface area contributed by atoms with Crippen LogP contribution >= 0.6 is 24.8 Å². The monoisotopic (exact) mass is 282 g/mol. The first-order valence-electron chi connectivity index (χ1n) is 5.79. The maximum absolute atomic E-state index is 11.7. The Kier molecular flexibility index (Phi) is 10.9.